The molecule has 4 rings (SSSR count). The molecule has 0 saturated carbocycles. The number of carbonyl (C=O) groups is 1. The molecule has 3 aromatic rings. The minimum absolute atomic E-state index is 0.0625. The fourth-order valence-corrected chi connectivity index (χ4v) is 3.95. The maximum atomic E-state index is 13.3. The molecule has 1 aliphatic rings. The van der Waals surface area contributed by atoms with Crippen molar-refractivity contribution in [1.82, 2.24) is 14.7 Å². The zero-order chi connectivity index (χ0) is 19.7. The van der Waals surface area contributed by atoms with Crippen molar-refractivity contribution in [3.8, 4) is 0 Å². The number of rotatable bonds is 6. The van der Waals surface area contributed by atoms with Gasteiger partial charge in [0.25, 0.3) is 5.91 Å². The Morgan fingerprint density at radius 3 is 2.82 bits per heavy atom. The van der Waals surface area contributed by atoms with E-state index in [4.69, 9.17) is 16.0 Å². The SMILES string of the molecule is CCCCn1nc(C)c(C2Nc3ccccc3C(=O)N2Cc2ccco2)c1Cl. The van der Waals surface area contributed by atoms with E-state index in [1.54, 1.807) is 11.2 Å². The van der Waals surface area contributed by atoms with Crippen LogP contribution in [0.4, 0.5) is 5.69 Å². The van der Waals surface area contributed by atoms with E-state index in [0.717, 1.165) is 36.3 Å². The highest BCUT2D eigenvalue weighted by molar-refractivity contribution is 6.30. The van der Waals surface area contributed by atoms with Gasteiger partial charge in [-0.05, 0) is 37.6 Å². The normalized spacial score (nSPS) is 16.2. The summed E-state index contributed by atoms with van der Waals surface area (Å²) in [6, 6.07) is 11.2. The van der Waals surface area contributed by atoms with E-state index < -0.39 is 6.17 Å². The fourth-order valence-electron chi connectivity index (χ4n) is 3.59. The van der Waals surface area contributed by atoms with Crippen LogP contribution in [0.25, 0.3) is 0 Å². The minimum atomic E-state index is -0.421. The molecule has 1 N–H and O–H groups in total. The Kier molecular flexibility index (Phi) is 5.13. The van der Waals surface area contributed by atoms with Crippen LogP contribution in [0.2, 0.25) is 5.15 Å². The number of benzene rings is 1. The Hall–Kier alpha value is -2.73. The van der Waals surface area contributed by atoms with Crippen molar-refractivity contribution in [2.45, 2.75) is 45.9 Å². The number of carbonyl (C=O) groups excluding carboxylic acids is 1. The van der Waals surface area contributed by atoms with Crippen LogP contribution in [0, 0.1) is 6.92 Å². The molecule has 0 fully saturated rings. The number of furan rings is 1. The van der Waals surface area contributed by atoms with E-state index in [2.05, 4.69) is 17.3 Å². The number of anilines is 1. The molecule has 7 heteroatoms. The van der Waals surface area contributed by atoms with Crippen LogP contribution < -0.4 is 5.32 Å². The van der Waals surface area contributed by atoms with E-state index >= 15 is 0 Å². The quantitative estimate of drug-likeness (QED) is 0.634. The molecule has 3 heterocycles. The molecule has 146 valence electrons. The van der Waals surface area contributed by atoms with Gasteiger partial charge in [0.1, 0.15) is 17.1 Å². The number of halogens is 1. The summed E-state index contributed by atoms with van der Waals surface area (Å²) in [4.78, 5) is 15.1. The average Bonchev–Trinajstić information content (AvgIpc) is 3.30. The summed E-state index contributed by atoms with van der Waals surface area (Å²) < 4.78 is 7.33. The third kappa shape index (κ3) is 3.29. The van der Waals surface area contributed by atoms with Gasteiger partial charge in [-0.15, -0.1) is 0 Å². The van der Waals surface area contributed by atoms with E-state index in [0.29, 0.717) is 23.0 Å². The average molecular weight is 399 g/mol. The second-order valence-electron chi connectivity index (χ2n) is 6.97. The van der Waals surface area contributed by atoms with Crippen molar-refractivity contribution in [2.75, 3.05) is 5.32 Å². The minimum Gasteiger partial charge on any atom is -0.467 e. The van der Waals surface area contributed by atoms with Crippen molar-refractivity contribution in [3.05, 3.63) is 70.4 Å². The van der Waals surface area contributed by atoms with Crippen LogP contribution in [0.1, 0.15) is 53.3 Å². The molecule has 1 unspecified atom stereocenters. The Morgan fingerprint density at radius 1 is 1.25 bits per heavy atom. The van der Waals surface area contributed by atoms with Gasteiger partial charge in [0.2, 0.25) is 0 Å². The van der Waals surface area contributed by atoms with Gasteiger partial charge in [-0.2, -0.15) is 5.10 Å². The molecule has 1 atom stereocenters. The van der Waals surface area contributed by atoms with Crippen molar-refractivity contribution >= 4 is 23.2 Å². The van der Waals surface area contributed by atoms with E-state index in [9.17, 15) is 4.79 Å². The van der Waals surface area contributed by atoms with Crippen LogP contribution in [-0.2, 0) is 13.1 Å². The van der Waals surface area contributed by atoms with Gasteiger partial charge in [0.15, 0.2) is 0 Å². The summed E-state index contributed by atoms with van der Waals surface area (Å²) in [6.45, 7) is 5.16. The number of para-hydroxylation sites is 1. The lowest BCUT2D eigenvalue weighted by atomic mass is 10.0. The second-order valence-corrected chi connectivity index (χ2v) is 7.33. The fraction of sp³-hybridized carbons (Fsp3) is 0.333. The molecule has 1 aliphatic heterocycles. The van der Waals surface area contributed by atoms with Gasteiger partial charge < -0.3 is 14.6 Å². The van der Waals surface area contributed by atoms with Gasteiger partial charge >= 0.3 is 0 Å². The van der Waals surface area contributed by atoms with Gasteiger partial charge in [0, 0.05) is 12.2 Å². The number of amides is 1. The molecule has 6 nitrogen and oxygen atoms in total. The molecule has 0 radical (unpaired) electrons. The predicted octanol–water partition coefficient (Wildman–Crippen LogP) is 5.00. The summed E-state index contributed by atoms with van der Waals surface area (Å²) in [5, 5.41) is 8.67. The molecule has 1 amide bonds. The summed E-state index contributed by atoms with van der Waals surface area (Å²) in [5.74, 6) is 0.652. The number of aromatic nitrogens is 2. The lowest BCUT2D eigenvalue weighted by molar-refractivity contribution is 0.0651. The Labute approximate surface area is 169 Å². The van der Waals surface area contributed by atoms with E-state index in [-0.39, 0.29) is 5.91 Å². The van der Waals surface area contributed by atoms with Crippen molar-refractivity contribution in [1.29, 1.82) is 0 Å². The summed E-state index contributed by atoms with van der Waals surface area (Å²) in [5.41, 5.74) is 3.07. The molecular formula is C21H23ClN4O2. The third-order valence-corrected chi connectivity index (χ3v) is 5.43. The maximum Gasteiger partial charge on any atom is 0.258 e. The van der Waals surface area contributed by atoms with Crippen LogP contribution in [0.5, 0.6) is 0 Å². The maximum absolute atomic E-state index is 13.3. The molecule has 0 aliphatic carbocycles. The summed E-state index contributed by atoms with van der Waals surface area (Å²) >= 11 is 6.72. The first-order chi connectivity index (χ1) is 13.6. The first kappa shape index (κ1) is 18.6. The zero-order valence-electron chi connectivity index (χ0n) is 16.0. The molecule has 0 bridgehead atoms. The van der Waals surface area contributed by atoms with E-state index in [1.165, 1.54) is 0 Å². The smallest absolute Gasteiger partial charge is 0.258 e. The largest absolute Gasteiger partial charge is 0.467 e. The van der Waals surface area contributed by atoms with Crippen LogP contribution in [0.15, 0.2) is 47.1 Å². The Bertz CT molecular complexity index is 980. The van der Waals surface area contributed by atoms with Crippen molar-refractivity contribution in [2.24, 2.45) is 0 Å². The second kappa shape index (κ2) is 7.72. The number of hydrogen-bond acceptors (Lipinski definition) is 4. The zero-order valence-corrected chi connectivity index (χ0v) is 16.7. The molecule has 0 saturated heterocycles. The van der Waals surface area contributed by atoms with Crippen molar-refractivity contribution < 1.29 is 9.21 Å². The Balaban J connectivity index is 1.77. The number of nitrogens with zero attached hydrogens (tertiary/aromatic N) is 3. The third-order valence-electron chi connectivity index (χ3n) is 5.03. The molecule has 2 aromatic heterocycles. The number of hydrogen-bond donors (Lipinski definition) is 1. The van der Waals surface area contributed by atoms with Gasteiger partial charge in [0.05, 0.1) is 29.6 Å². The standard InChI is InChI=1S/C21H23ClN4O2/c1-3-4-11-26-19(22)18(14(2)24-26)20-23-17-10-6-5-9-16(17)21(27)25(20)13-15-8-7-12-28-15/h5-10,12,20,23H,3-4,11,13H2,1-2H3. The van der Waals surface area contributed by atoms with Crippen LogP contribution in [-0.4, -0.2) is 20.6 Å². The highest BCUT2D eigenvalue weighted by Crippen LogP contribution is 2.38. The number of aryl methyl sites for hydroxylation is 2. The highest BCUT2D eigenvalue weighted by Gasteiger charge is 2.36. The van der Waals surface area contributed by atoms with Crippen LogP contribution >= 0.6 is 11.6 Å². The van der Waals surface area contributed by atoms with Gasteiger partial charge in [-0.3, -0.25) is 9.48 Å². The molecule has 28 heavy (non-hydrogen) atoms. The summed E-state index contributed by atoms with van der Waals surface area (Å²) in [7, 11) is 0. The highest BCUT2D eigenvalue weighted by atomic mass is 35.5. The Morgan fingerprint density at radius 2 is 2.07 bits per heavy atom. The number of nitrogens with one attached hydrogen (secondary N) is 1. The topological polar surface area (TPSA) is 63.3 Å². The van der Waals surface area contributed by atoms with Crippen molar-refractivity contribution in [3.63, 3.8) is 0 Å². The van der Waals surface area contributed by atoms with Gasteiger partial charge in [-0.25, -0.2) is 0 Å². The first-order valence-electron chi connectivity index (χ1n) is 9.52. The van der Waals surface area contributed by atoms with E-state index in [1.807, 2.05) is 48.0 Å². The lowest BCUT2D eigenvalue weighted by Crippen LogP contribution is -2.42. The number of fused-ring (bicyclic) bond motifs is 1. The monoisotopic (exact) mass is 398 g/mol. The molecule has 0 spiro atoms. The van der Waals surface area contributed by atoms with Crippen LogP contribution in [0.3, 0.4) is 0 Å². The first-order valence-corrected chi connectivity index (χ1v) is 9.89. The molecular weight excluding hydrogens is 376 g/mol. The summed E-state index contributed by atoms with van der Waals surface area (Å²) in [6.07, 6.45) is 3.25. The lowest BCUT2D eigenvalue weighted by Gasteiger charge is -2.37. The molecule has 1 aromatic carbocycles. The predicted molar refractivity (Wildman–Crippen MR) is 108 cm³/mol. The van der Waals surface area contributed by atoms with Gasteiger partial charge in [-0.1, -0.05) is 37.1 Å². The number of unbranched alkanes of at least 4 members (excludes halogenated alkanes) is 1.